The van der Waals surface area contributed by atoms with Crippen LogP contribution in [0.2, 0.25) is 30.7 Å². The number of esters is 1. The standard InChI is InChI=1S/C49H49ClFN5O7S2Si/c1-7-61-49(57)41-25-34-24-31(12-19-39(34)62-28-36-20-21-52-46(55-36)38-10-8-9-11-40(38)60-3)26-56(65(58,59)22-23-66(4,5)6)27-33-15-18-37(30(2)44(33)50)42-43-47(63-41)53-29-54-48(43)64-45(42)32-13-16-35(51)17-14-32/h8-21,24,29,41H,7,22-23,25-28H2,1-6H3/t41-/m1/s1. The van der Waals surface area contributed by atoms with Gasteiger partial charge in [-0.1, -0.05) is 79.8 Å². The van der Waals surface area contributed by atoms with Gasteiger partial charge in [-0.3, -0.25) is 0 Å². The zero-order chi connectivity index (χ0) is 46.8. The smallest absolute Gasteiger partial charge is 0.347 e. The zero-order valence-corrected chi connectivity index (χ0v) is 40.8. The van der Waals surface area contributed by atoms with E-state index in [9.17, 15) is 17.6 Å². The highest BCUT2D eigenvalue weighted by molar-refractivity contribution is 7.89. The predicted molar refractivity (Wildman–Crippen MR) is 259 cm³/mol. The number of ether oxygens (including phenoxy) is 4. The maximum atomic E-state index is 14.5. The van der Waals surface area contributed by atoms with Gasteiger partial charge in [-0.05, 0) is 89.7 Å². The Balaban J connectivity index is 1.29. The summed E-state index contributed by atoms with van der Waals surface area (Å²) in [6.07, 6.45) is 1.73. The van der Waals surface area contributed by atoms with Crippen LogP contribution in [0.25, 0.3) is 43.2 Å². The minimum absolute atomic E-state index is 0.00193. The van der Waals surface area contributed by atoms with Crippen LogP contribution < -0.4 is 14.2 Å². The topological polar surface area (TPSA) is 143 Å². The Labute approximate surface area is 393 Å². The SMILES string of the molecule is CCOC(=O)[C@H]1Cc2cc(ccc2OCc2ccnc(-c3ccccc3OC)n2)CN(S(=O)(=O)CC[Si](C)(C)C)Cc2ccc(c(C)c2Cl)-c2c(-c3ccc(F)cc3)sc3ncnc(c23)O1. The summed E-state index contributed by atoms with van der Waals surface area (Å²) in [6, 6.07) is 25.1. The van der Waals surface area contributed by atoms with Crippen molar-refractivity contribution in [3.8, 4) is 50.3 Å². The Kier molecular flexibility index (Phi) is 13.9. The summed E-state index contributed by atoms with van der Waals surface area (Å²) >= 11 is 8.66. The molecule has 4 aromatic carbocycles. The van der Waals surface area contributed by atoms with Crippen molar-refractivity contribution < 1.29 is 36.6 Å². The molecule has 9 rings (SSSR count). The van der Waals surface area contributed by atoms with E-state index in [1.165, 1.54) is 34.1 Å². The number of methoxy groups -OCH3 is 1. The first-order chi connectivity index (χ1) is 31.6. The molecule has 0 fully saturated rings. The first-order valence-corrected chi connectivity index (χ1v) is 28.0. The second kappa shape index (κ2) is 19.6. The molecule has 342 valence electrons. The van der Waals surface area contributed by atoms with Crippen LogP contribution in [-0.2, 0) is 45.7 Å². The van der Waals surface area contributed by atoms with Crippen molar-refractivity contribution in [1.82, 2.24) is 24.2 Å². The lowest BCUT2D eigenvalue weighted by Crippen LogP contribution is -2.35. The van der Waals surface area contributed by atoms with Crippen molar-refractivity contribution in [3.63, 3.8) is 0 Å². The molecular weight excluding hydrogens is 917 g/mol. The fourth-order valence-corrected chi connectivity index (χ4v) is 13.6. The Hall–Kier alpha value is -5.78. The molecule has 0 amide bonds. The average molecular weight is 967 g/mol. The molecule has 0 unspecified atom stereocenters. The van der Waals surface area contributed by atoms with Crippen LogP contribution in [0.1, 0.15) is 34.9 Å². The third-order valence-electron chi connectivity index (χ3n) is 11.3. The number of thiophene rings is 1. The second-order valence-corrected chi connectivity index (χ2v) is 26.2. The van der Waals surface area contributed by atoms with Crippen molar-refractivity contribution in [2.75, 3.05) is 19.5 Å². The number of fused-ring (bicyclic) bond motifs is 6. The Morgan fingerprint density at radius 2 is 1.74 bits per heavy atom. The largest absolute Gasteiger partial charge is 0.496 e. The highest BCUT2D eigenvalue weighted by Crippen LogP contribution is 2.49. The molecule has 0 aliphatic carbocycles. The molecule has 0 saturated heterocycles. The molecule has 0 spiro atoms. The van der Waals surface area contributed by atoms with Gasteiger partial charge in [0.15, 0.2) is 5.82 Å². The minimum atomic E-state index is -3.83. The second-order valence-electron chi connectivity index (χ2n) is 17.1. The number of para-hydroxylation sites is 1. The van der Waals surface area contributed by atoms with Crippen molar-refractivity contribution in [1.29, 1.82) is 0 Å². The van der Waals surface area contributed by atoms with Gasteiger partial charge >= 0.3 is 5.97 Å². The third kappa shape index (κ3) is 10.3. The number of halogens is 2. The van der Waals surface area contributed by atoms with Gasteiger partial charge in [-0.2, -0.15) is 4.31 Å². The van der Waals surface area contributed by atoms with Crippen molar-refractivity contribution in [3.05, 3.63) is 136 Å². The number of hydrogen-bond acceptors (Lipinski definition) is 12. The lowest BCUT2D eigenvalue weighted by molar-refractivity contribution is -0.151. The van der Waals surface area contributed by atoms with Gasteiger partial charge in [-0.15, -0.1) is 11.3 Å². The van der Waals surface area contributed by atoms with E-state index in [4.69, 9.17) is 35.5 Å². The van der Waals surface area contributed by atoms with Gasteiger partial charge in [0.05, 0.1) is 36.1 Å². The van der Waals surface area contributed by atoms with Crippen LogP contribution in [0.15, 0.2) is 97.5 Å². The lowest BCUT2D eigenvalue weighted by atomic mass is 9.94. The number of benzene rings is 4. The molecule has 12 nitrogen and oxygen atoms in total. The number of nitrogens with zero attached hydrogens (tertiary/aromatic N) is 5. The summed E-state index contributed by atoms with van der Waals surface area (Å²) < 4.78 is 69.2. The average Bonchev–Trinajstić information content (AvgIpc) is 3.69. The van der Waals surface area contributed by atoms with E-state index < -0.39 is 30.2 Å². The Morgan fingerprint density at radius 1 is 0.955 bits per heavy atom. The van der Waals surface area contributed by atoms with Gasteiger partial charge in [0, 0.05) is 49.2 Å². The summed E-state index contributed by atoms with van der Waals surface area (Å²) in [4.78, 5) is 33.9. The molecule has 3 aromatic heterocycles. The van der Waals surface area contributed by atoms with E-state index in [2.05, 4.69) is 34.6 Å². The number of aromatic nitrogens is 4. The van der Waals surface area contributed by atoms with Crippen LogP contribution in [-0.4, -0.2) is 72.3 Å². The predicted octanol–water partition coefficient (Wildman–Crippen LogP) is 10.7. The number of rotatable bonds is 12. The van der Waals surface area contributed by atoms with Gasteiger partial charge < -0.3 is 18.9 Å². The Bertz CT molecular complexity index is 3040. The molecule has 0 saturated carbocycles. The van der Waals surface area contributed by atoms with Crippen LogP contribution in [0.4, 0.5) is 4.39 Å². The minimum Gasteiger partial charge on any atom is -0.496 e. The molecule has 2 aliphatic heterocycles. The van der Waals surface area contributed by atoms with E-state index in [0.29, 0.717) is 83.2 Å². The molecule has 0 radical (unpaired) electrons. The highest BCUT2D eigenvalue weighted by atomic mass is 35.5. The fourth-order valence-electron chi connectivity index (χ4n) is 7.76. The maximum absolute atomic E-state index is 14.5. The number of hydrogen-bond donors (Lipinski definition) is 0. The van der Waals surface area contributed by atoms with Gasteiger partial charge in [0.2, 0.25) is 22.0 Å². The summed E-state index contributed by atoms with van der Waals surface area (Å²) in [5.74, 6) is 0.571. The van der Waals surface area contributed by atoms with Crippen molar-refractivity contribution >= 4 is 57.2 Å². The van der Waals surface area contributed by atoms with Crippen molar-refractivity contribution in [2.45, 2.75) is 71.8 Å². The van der Waals surface area contributed by atoms with Crippen LogP contribution >= 0.6 is 22.9 Å². The summed E-state index contributed by atoms with van der Waals surface area (Å²) in [5.41, 5.74) is 5.90. The van der Waals surface area contributed by atoms with Crippen molar-refractivity contribution in [2.24, 2.45) is 0 Å². The molecule has 5 heterocycles. The normalized spacial score (nSPS) is 14.5. The first-order valence-electron chi connectivity index (χ1n) is 21.4. The fraction of sp³-hybridized carbons (Fsp3) is 0.286. The molecule has 1 atom stereocenters. The Morgan fingerprint density at radius 3 is 2.50 bits per heavy atom. The third-order valence-corrected chi connectivity index (χ3v) is 16.8. The zero-order valence-electron chi connectivity index (χ0n) is 37.4. The van der Waals surface area contributed by atoms with Crippen LogP contribution in [0, 0.1) is 12.7 Å². The molecule has 0 N–H and O–H groups in total. The molecule has 4 bridgehead atoms. The van der Waals surface area contributed by atoms with E-state index in [1.54, 1.807) is 44.5 Å². The lowest BCUT2D eigenvalue weighted by Gasteiger charge is -2.26. The van der Waals surface area contributed by atoms with Gasteiger partial charge in [-0.25, -0.2) is 37.5 Å². The van der Waals surface area contributed by atoms with E-state index in [1.807, 2.05) is 55.5 Å². The molecular formula is C49H49ClFN5O7S2Si. The number of carbonyl (C=O) groups excluding carboxylic acids is 1. The number of sulfonamides is 1. The van der Waals surface area contributed by atoms with Gasteiger partial charge in [0.1, 0.15) is 35.1 Å². The van der Waals surface area contributed by atoms with E-state index >= 15 is 0 Å². The van der Waals surface area contributed by atoms with Gasteiger partial charge in [0.25, 0.3) is 0 Å². The molecule has 66 heavy (non-hydrogen) atoms. The maximum Gasteiger partial charge on any atom is 0.347 e. The summed E-state index contributed by atoms with van der Waals surface area (Å²) in [6.45, 7) is 10.2. The molecule has 17 heteroatoms. The van der Waals surface area contributed by atoms with E-state index in [-0.39, 0.29) is 50.2 Å². The molecule has 7 aromatic rings. The van der Waals surface area contributed by atoms with Crippen LogP contribution in [0.5, 0.6) is 17.4 Å². The van der Waals surface area contributed by atoms with E-state index in [0.717, 1.165) is 10.4 Å². The quantitative estimate of drug-likeness (QED) is 0.0853. The molecule has 2 aliphatic rings. The highest BCUT2D eigenvalue weighted by Gasteiger charge is 2.32. The first kappa shape index (κ1) is 46.7. The summed E-state index contributed by atoms with van der Waals surface area (Å²) in [5, 5.41) is 0.909. The summed E-state index contributed by atoms with van der Waals surface area (Å²) in [7, 11) is -4.02. The van der Waals surface area contributed by atoms with Crippen LogP contribution in [0.3, 0.4) is 0 Å². The number of carbonyl (C=O) groups is 1. The monoisotopic (exact) mass is 965 g/mol.